The zero-order valence-corrected chi connectivity index (χ0v) is 10.2. The van der Waals surface area contributed by atoms with Crippen LogP contribution >= 0.6 is 0 Å². The molecule has 0 spiro atoms. The Balaban J connectivity index is 2.21. The van der Waals surface area contributed by atoms with Crippen molar-refractivity contribution in [3.05, 3.63) is 0 Å². The highest BCUT2D eigenvalue weighted by Crippen LogP contribution is 2.40. The topological polar surface area (TPSA) is 12.0 Å². The molecule has 0 aromatic carbocycles. The zero-order chi connectivity index (χ0) is 10.4. The molecule has 0 amide bonds. The smallest absolute Gasteiger partial charge is 0.000782 e. The van der Waals surface area contributed by atoms with E-state index in [4.69, 9.17) is 0 Å². The summed E-state index contributed by atoms with van der Waals surface area (Å²) in [7, 11) is 0. The van der Waals surface area contributed by atoms with E-state index in [1.165, 1.54) is 51.6 Å². The second-order valence-electron chi connectivity index (χ2n) is 5.20. The number of hydrogen-bond donors (Lipinski definition) is 1. The van der Waals surface area contributed by atoms with Crippen molar-refractivity contribution in [3.8, 4) is 0 Å². The lowest BCUT2D eigenvalue weighted by atomic mass is 9.83. The van der Waals surface area contributed by atoms with Crippen molar-refractivity contribution >= 4 is 0 Å². The lowest BCUT2D eigenvalue weighted by molar-refractivity contribution is 0.262. The molecule has 1 aliphatic rings. The van der Waals surface area contributed by atoms with Crippen molar-refractivity contribution in [2.75, 3.05) is 13.1 Å². The van der Waals surface area contributed by atoms with Crippen LogP contribution in [0.15, 0.2) is 0 Å². The Morgan fingerprint density at radius 2 is 1.86 bits per heavy atom. The van der Waals surface area contributed by atoms with Gasteiger partial charge < -0.3 is 5.32 Å². The van der Waals surface area contributed by atoms with E-state index in [0.717, 1.165) is 5.92 Å². The minimum atomic E-state index is 0.660. The van der Waals surface area contributed by atoms with Gasteiger partial charge in [0.25, 0.3) is 0 Å². The summed E-state index contributed by atoms with van der Waals surface area (Å²) >= 11 is 0. The molecule has 1 fully saturated rings. The second-order valence-corrected chi connectivity index (χ2v) is 5.20. The van der Waals surface area contributed by atoms with E-state index in [0.29, 0.717) is 5.41 Å². The first-order valence-corrected chi connectivity index (χ1v) is 6.43. The Kier molecular flexibility index (Phi) is 4.94. The quantitative estimate of drug-likeness (QED) is 0.686. The fraction of sp³-hybridized carbons (Fsp3) is 1.00. The van der Waals surface area contributed by atoms with Crippen LogP contribution in [0.25, 0.3) is 0 Å². The molecule has 1 saturated carbocycles. The van der Waals surface area contributed by atoms with Gasteiger partial charge in [-0.25, -0.2) is 0 Å². The van der Waals surface area contributed by atoms with Crippen LogP contribution in [0, 0.1) is 11.3 Å². The van der Waals surface area contributed by atoms with Gasteiger partial charge in [-0.3, -0.25) is 0 Å². The third-order valence-electron chi connectivity index (χ3n) is 4.10. The van der Waals surface area contributed by atoms with E-state index in [1.807, 2.05) is 0 Å². The average molecular weight is 197 g/mol. The molecule has 1 nitrogen and oxygen atoms in total. The summed E-state index contributed by atoms with van der Waals surface area (Å²) in [5.41, 5.74) is 0.660. The van der Waals surface area contributed by atoms with Crippen LogP contribution in [0.4, 0.5) is 0 Å². The Morgan fingerprint density at radius 3 is 2.36 bits per heavy atom. The van der Waals surface area contributed by atoms with Crippen molar-refractivity contribution in [3.63, 3.8) is 0 Å². The molecular formula is C13H27N. The van der Waals surface area contributed by atoms with Gasteiger partial charge in [-0.05, 0) is 37.1 Å². The zero-order valence-electron chi connectivity index (χ0n) is 10.2. The molecule has 1 unspecified atom stereocenters. The summed E-state index contributed by atoms with van der Waals surface area (Å²) in [6, 6.07) is 0. The third kappa shape index (κ3) is 3.27. The van der Waals surface area contributed by atoms with Gasteiger partial charge in [0.2, 0.25) is 0 Å². The predicted molar refractivity (Wildman–Crippen MR) is 63.5 cm³/mol. The maximum atomic E-state index is 3.67. The Hall–Kier alpha value is -0.0400. The monoisotopic (exact) mass is 197 g/mol. The molecule has 0 saturated heterocycles. The molecule has 1 N–H and O–H groups in total. The Labute approximate surface area is 89.7 Å². The van der Waals surface area contributed by atoms with Gasteiger partial charge in [-0.2, -0.15) is 0 Å². The minimum Gasteiger partial charge on any atom is -0.316 e. The summed E-state index contributed by atoms with van der Waals surface area (Å²) in [6.45, 7) is 9.43. The first-order chi connectivity index (χ1) is 6.72. The van der Waals surface area contributed by atoms with Gasteiger partial charge in [0.15, 0.2) is 0 Å². The highest BCUT2D eigenvalue weighted by molar-refractivity contribution is 4.85. The molecule has 0 radical (unpaired) electrons. The first kappa shape index (κ1) is 12.0. The standard InChI is InChI=1S/C13H27N/c1-4-12(3)10-14-11-13(5-2)8-6-7-9-13/h12,14H,4-11H2,1-3H3. The van der Waals surface area contributed by atoms with Crippen LogP contribution in [0.1, 0.15) is 59.3 Å². The van der Waals surface area contributed by atoms with Gasteiger partial charge in [-0.1, -0.05) is 40.0 Å². The van der Waals surface area contributed by atoms with Gasteiger partial charge in [0.1, 0.15) is 0 Å². The maximum absolute atomic E-state index is 3.67. The van der Waals surface area contributed by atoms with E-state index in [2.05, 4.69) is 26.1 Å². The highest BCUT2D eigenvalue weighted by atomic mass is 14.9. The van der Waals surface area contributed by atoms with E-state index >= 15 is 0 Å². The molecule has 1 heteroatoms. The molecule has 0 aromatic rings. The van der Waals surface area contributed by atoms with Crippen molar-refractivity contribution in [1.29, 1.82) is 0 Å². The van der Waals surface area contributed by atoms with Crippen LogP contribution < -0.4 is 5.32 Å². The lowest BCUT2D eigenvalue weighted by Crippen LogP contribution is -2.33. The summed E-state index contributed by atoms with van der Waals surface area (Å²) in [4.78, 5) is 0. The summed E-state index contributed by atoms with van der Waals surface area (Å²) in [5.74, 6) is 0.838. The third-order valence-corrected chi connectivity index (χ3v) is 4.10. The lowest BCUT2D eigenvalue weighted by Gasteiger charge is -2.28. The maximum Gasteiger partial charge on any atom is 0.000782 e. The van der Waals surface area contributed by atoms with E-state index in [1.54, 1.807) is 0 Å². The van der Waals surface area contributed by atoms with Crippen LogP contribution in [0.2, 0.25) is 0 Å². The van der Waals surface area contributed by atoms with Crippen molar-refractivity contribution in [1.82, 2.24) is 5.32 Å². The van der Waals surface area contributed by atoms with Crippen molar-refractivity contribution < 1.29 is 0 Å². The molecular weight excluding hydrogens is 170 g/mol. The predicted octanol–water partition coefficient (Wildman–Crippen LogP) is 3.59. The Morgan fingerprint density at radius 1 is 1.21 bits per heavy atom. The van der Waals surface area contributed by atoms with Crippen molar-refractivity contribution in [2.24, 2.45) is 11.3 Å². The van der Waals surface area contributed by atoms with Crippen LogP contribution in [0.5, 0.6) is 0 Å². The summed E-state index contributed by atoms with van der Waals surface area (Å²) in [6.07, 6.45) is 8.48. The average Bonchev–Trinajstić information content (AvgIpc) is 2.67. The molecule has 14 heavy (non-hydrogen) atoms. The van der Waals surface area contributed by atoms with E-state index < -0.39 is 0 Å². The van der Waals surface area contributed by atoms with Crippen LogP contribution in [-0.2, 0) is 0 Å². The van der Waals surface area contributed by atoms with Gasteiger partial charge in [-0.15, -0.1) is 0 Å². The minimum absolute atomic E-state index is 0.660. The van der Waals surface area contributed by atoms with Crippen LogP contribution in [-0.4, -0.2) is 13.1 Å². The largest absolute Gasteiger partial charge is 0.316 e. The number of rotatable bonds is 6. The van der Waals surface area contributed by atoms with E-state index in [9.17, 15) is 0 Å². The van der Waals surface area contributed by atoms with Gasteiger partial charge in [0.05, 0.1) is 0 Å². The molecule has 1 rings (SSSR count). The van der Waals surface area contributed by atoms with Crippen LogP contribution in [0.3, 0.4) is 0 Å². The highest BCUT2D eigenvalue weighted by Gasteiger charge is 2.31. The van der Waals surface area contributed by atoms with Crippen molar-refractivity contribution in [2.45, 2.75) is 59.3 Å². The molecule has 1 atom stereocenters. The fourth-order valence-electron chi connectivity index (χ4n) is 2.51. The molecule has 1 aliphatic carbocycles. The molecule has 84 valence electrons. The molecule has 0 aliphatic heterocycles. The number of nitrogens with one attached hydrogen (secondary N) is 1. The molecule has 0 aromatic heterocycles. The molecule has 0 bridgehead atoms. The summed E-state index contributed by atoms with van der Waals surface area (Å²) < 4.78 is 0. The normalized spacial score (nSPS) is 22.5. The van der Waals surface area contributed by atoms with Gasteiger partial charge in [0, 0.05) is 6.54 Å². The SMILES string of the molecule is CCC(C)CNCC1(CC)CCCC1. The fourth-order valence-corrected chi connectivity index (χ4v) is 2.51. The summed E-state index contributed by atoms with van der Waals surface area (Å²) in [5, 5.41) is 3.67. The number of hydrogen-bond acceptors (Lipinski definition) is 1. The molecule has 0 heterocycles. The van der Waals surface area contributed by atoms with E-state index in [-0.39, 0.29) is 0 Å². The first-order valence-electron chi connectivity index (χ1n) is 6.43. The van der Waals surface area contributed by atoms with Gasteiger partial charge >= 0.3 is 0 Å². The second kappa shape index (κ2) is 5.75. The Bertz CT molecular complexity index is 147.